The predicted octanol–water partition coefficient (Wildman–Crippen LogP) is 1.96. The lowest BCUT2D eigenvalue weighted by Crippen LogP contribution is -2.19. The molecule has 1 aromatic carbocycles. The SMILES string of the molecule is COc1cc(OC)cc(OC2CCC(N)C2)c1. The van der Waals surface area contributed by atoms with Gasteiger partial charge in [0.25, 0.3) is 0 Å². The summed E-state index contributed by atoms with van der Waals surface area (Å²) in [6.07, 6.45) is 3.17. The number of benzene rings is 1. The van der Waals surface area contributed by atoms with Crippen LogP contribution in [0.2, 0.25) is 0 Å². The third-order valence-electron chi connectivity index (χ3n) is 3.05. The molecule has 0 amide bonds. The highest BCUT2D eigenvalue weighted by Gasteiger charge is 2.23. The highest BCUT2D eigenvalue weighted by Crippen LogP contribution is 2.30. The second-order valence-electron chi connectivity index (χ2n) is 4.36. The Balaban J connectivity index is 2.09. The first-order chi connectivity index (χ1) is 8.21. The number of methoxy groups -OCH3 is 2. The van der Waals surface area contributed by atoms with Crippen molar-refractivity contribution in [2.24, 2.45) is 5.73 Å². The Hall–Kier alpha value is -1.42. The van der Waals surface area contributed by atoms with Gasteiger partial charge in [-0.25, -0.2) is 0 Å². The number of rotatable bonds is 4. The van der Waals surface area contributed by atoms with Gasteiger partial charge in [-0.1, -0.05) is 0 Å². The van der Waals surface area contributed by atoms with E-state index < -0.39 is 0 Å². The standard InChI is InChI=1S/C13H19NO3/c1-15-11-6-12(16-2)8-13(7-11)17-10-4-3-9(14)5-10/h6-10H,3-5,14H2,1-2H3. The molecule has 1 fully saturated rings. The molecule has 0 aromatic heterocycles. The zero-order valence-corrected chi connectivity index (χ0v) is 10.3. The van der Waals surface area contributed by atoms with E-state index in [2.05, 4.69) is 0 Å². The minimum absolute atomic E-state index is 0.210. The second-order valence-corrected chi connectivity index (χ2v) is 4.36. The van der Waals surface area contributed by atoms with Crippen LogP contribution in [0.15, 0.2) is 18.2 Å². The normalized spacial score (nSPS) is 23.5. The average molecular weight is 237 g/mol. The lowest BCUT2D eigenvalue weighted by molar-refractivity contribution is 0.206. The summed E-state index contributed by atoms with van der Waals surface area (Å²) in [5.74, 6) is 2.25. The minimum Gasteiger partial charge on any atom is -0.496 e. The van der Waals surface area contributed by atoms with E-state index in [1.165, 1.54) is 0 Å². The number of hydrogen-bond donors (Lipinski definition) is 1. The monoisotopic (exact) mass is 237 g/mol. The summed E-state index contributed by atoms with van der Waals surface area (Å²) < 4.78 is 16.3. The van der Waals surface area contributed by atoms with Gasteiger partial charge in [0.1, 0.15) is 23.4 Å². The Morgan fingerprint density at radius 1 is 1.00 bits per heavy atom. The van der Waals surface area contributed by atoms with Crippen molar-refractivity contribution < 1.29 is 14.2 Å². The first kappa shape index (κ1) is 12.0. The molecule has 1 saturated carbocycles. The maximum absolute atomic E-state index is 5.89. The molecule has 0 aliphatic heterocycles. The van der Waals surface area contributed by atoms with Crippen molar-refractivity contribution >= 4 is 0 Å². The smallest absolute Gasteiger partial charge is 0.127 e. The summed E-state index contributed by atoms with van der Waals surface area (Å²) in [7, 11) is 3.26. The molecule has 0 spiro atoms. The van der Waals surface area contributed by atoms with Gasteiger partial charge in [-0.2, -0.15) is 0 Å². The van der Waals surface area contributed by atoms with E-state index in [-0.39, 0.29) is 12.1 Å². The van der Waals surface area contributed by atoms with Gasteiger partial charge in [-0.15, -0.1) is 0 Å². The fourth-order valence-corrected chi connectivity index (χ4v) is 2.12. The molecular formula is C13H19NO3. The summed E-state index contributed by atoms with van der Waals surface area (Å²) in [5.41, 5.74) is 5.86. The molecule has 94 valence electrons. The topological polar surface area (TPSA) is 53.7 Å². The van der Waals surface area contributed by atoms with Crippen LogP contribution in [0.4, 0.5) is 0 Å². The van der Waals surface area contributed by atoms with Crippen molar-refractivity contribution in [3.05, 3.63) is 18.2 Å². The van der Waals surface area contributed by atoms with Crippen LogP contribution in [0, 0.1) is 0 Å². The lowest BCUT2D eigenvalue weighted by atomic mass is 10.2. The van der Waals surface area contributed by atoms with Crippen LogP contribution in [0.1, 0.15) is 19.3 Å². The first-order valence-corrected chi connectivity index (χ1v) is 5.86. The summed E-state index contributed by atoms with van der Waals surface area (Å²) in [6, 6.07) is 5.83. The van der Waals surface area contributed by atoms with Crippen LogP contribution in [0.5, 0.6) is 17.2 Å². The van der Waals surface area contributed by atoms with E-state index in [1.807, 2.05) is 18.2 Å². The van der Waals surface area contributed by atoms with Crippen molar-refractivity contribution in [2.75, 3.05) is 14.2 Å². The Morgan fingerprint density at radius 3 is 2.06 bits per heavy atom. The summed E-state index contributed by atoms with van der Waals surface area (Å²) in [5, 5.41) is 0. The van der Waals surface area contributed by atoms with Gasteiger partial charge >= 0.3 is 0 Å². The molecule has 1 aliphatic carbocycles. The van der Waals surface area contributed by atoms with Crippen LogP contribution in [-0.4, -0.2) is 26.4 Å². The highest BCUT2D eigenvalue weighted by atomic mass is 16.5. The van der Waals surface area contributed by atoms with E-state index in [1.54, 1.807) is 14.2 Å². The Labute approximate surface area is 102 Å². The van der Waals surface area contributed by atoms with Crippen LogP contribution in [0.25, 0.3) is 0 Å². The van der Waals surface area contributed by atoms with E-state index in [4.69, 9.17) is 19.9 Å². The van der Waals surface area contributed by atoms with Crippen molar-refractivity contribution in [3.63, 3.8) is 0 Å². The van der Waals surface area contributed by atoms with Crippen molar-refractivity contribution in [1.82, 2.24) is 0 Å². The number of nitrogens with two attached hydrogens (primary N) is 1. The van der Waals surface area contributed by atoms with Crippen molar-refractivity contribution in [1.29, 1.82) is 0 Å². The van der Waals surface area contributed by atoms with Gasteiger partial charge in [0.2, 0.25) is 0 Å². The molecule has 0 radical (unpaired) electrons. The third kappa shape index (κ3) is 3.03. The highest BCUT2D eigenvalue weighted by molar-refractivity contribution is 5.42. The van der Waals surface area contributed by atoms with E-state index in [0.29, 0.717) is 0 Å². The summed E-state index contributed by atoms with van der Waals surface area (Å²) >= 11 is 0. The quantitative estimate of drug-likeness (QED) is 0.869. The Bertz CT molecular complexity index is 359. The zero-order chi connectivity index (χ0) is 12.3. The van der Waals surface area contributed by atoms with Crippen molar-refractivity contribution in [3.8, 4) is 17.2 Å². The minimum atomic E-state index is 0.210. The van der Waals surface area contributed by atoms with Crippen LogP contribution in [0.3, 0.4) is 0 Å². The molecule has 2 N–H and O–H groups in total. The zero-order valence-electron chi connectivity index (χ0n) is 10.3. The second kappa shape index (κ2) is 5.27. The first-order valence-electron chi connectivity index (χ1n) is 5.86. The largest absolute Gasteiger partial charge is 0.496 e. The average Bonchev–Trinajstić information content (AvgIpc) is 2.74. The van der Waals surface area contributed by atoms with Crippen LogP contribution >= 0.6 is 0 Å². The molecule has 0 bridgehead atoms. The Kier molecular flexibility index (Phi) is 3.74. The third-order valence-corrected chi connectivity index (χ3v) is 3.05. The molecule has 2 unspecified atom stereocenters. The van der Waals surface area contributed by atoms with Gasteiger partial charge in [-0.05, 0) is 19.3 Å². The molecule has 1 aliphatic rings. The summed E-state index contributed by atoms with van der Waals surface area (Å²) in [4.78, 5) is 0. The number of ether oxygens (including phenoxy) is 3. The van der Waals surface area contributed by atoms with Crippen molar-refractivity contribution in [2.45, 2.75) is 31.4 Å². The molecule has 4 nitrogen and oxygen atoms in total. The molecule has 2 rings (SSSR count). The molecule has 2 atom stereocenters. The van der Waals surface area contributed by atoms with Crippen LogP contribution < -0.4 is 19.9 Å². The van der Waals surface area contributed by atoms with Gasteiger partial charge in [0, 0.05) is 24.2 Å². The summed E-state index contributed by atoms with van der Waals surface area (Å²) in [6.45, 7) is 0. The fourth-order valence-electron chi connectivity index (χ4n) is 2.12. The van der Waals surface area contributed by atoms with Gasteiger partial charge in [0.15, 0.2) is 0 Å². The molecular weight excluding hydrogens is 218 g/mol. The van der Waals surface area contributed by atoms with E-state index >= 15 is 0 Å². The Morgan fingerprint density at radius 2 is 1.59 bits per heavy atom. The lowest BCUT2D eigenvalue weighted by Gasteiger charge is -2.15. The van der Waals surface area contributed by atoms with Gasteiger partial charge < -0.3 is 19.9 Å². The predicted molar refractivity (Wildman–Crippen MR) is 65.8 cm³/mol. The molecule has 17 heavy (non-hydrogen) atoms. The maximum atomic E-state index is 5.89. The molecule has 0 heterocycles. The maximum Gasteiger partial charge on any atom is 0.127 e. The molecule has 1 aromatic rings. The van der Waals surface area contributed by atoms with Gasteiger partial charge in [-0.3, -0.25) is 0 Å². The van der Waals surface area contributed by atoms with Crippen LogP contribution in [-0.2, 0) is 0 Å². The molecule has 0 saturated heterocycles. The van der Waals surface area contributed by atoms with E-state index in [0.717, 1.165) is 36.5 Å². The van der Waals surface area contributed by atoms with E-state index in [9.17, 15) is 0 Å². The number of hydrogen-bond acceptors (Lipinski definition) is 4. The van der Waals surface area contributed by atoms with Gasteiger partial charge in [0.05, 0.1) is 14.2 Å². The fraction of sp³-hybridized carbons (Fsp3) is 0.538. The molecule has 4 heteroatoms.